The standard InChI is InChI=1S/C6H9F3N4/c1-13(2)3-4-10-5(12-11-4)6(7,8)9/h3H2,1-2H3,(H,10,11,12). The van der Waals surface area contributed by atoms with Crippen molar-refractivity contribution in [3.8, 4) is 0 Å². The van der Waals surface area contributed by atoms with Crippen molar-refractivity contribution in [2.45, 2.75) is 12.7 Å². The number of alkyl halides is 3. The van der Waals surface area contributed by atoms with Gasteiger partial charge in [-0.2, -0.15) is 13.2 Å². The molecule has 0 aromatic carbocycles. The van der Waals surface area contributed by atoms with Gasteiger partial charge in [-0.05, 0) is 14.1 Å². The predicted octanol–water partition coefficient (Wildman–Crippen LogP) is 0.885. The van der Waals surface area contributed by atoms with Gasteiger partial charge in [-0.1, -0.05) is 0 Å². The van der Waals surface area contributed by atoms with E-state index in [-0.39, 0.29) is 5.82 Å². The molecule has 0 aliphatic rings. The van der Waals surface area contributed by atoms with E-state index in [1.807, 2.05) is 0 Å². The molecule has 0 radical (unpaired) electrons. The van der Waals surface area contributed by atoms with Crippen molar-refractivity contribution in [3.63, 3.8) is 0 Å². The highest BCUT2D eigenvalue weighted by molar-refractivity contribution is 4.93. The van der Waals surface area contributed by atoms with Crippen molar-refractivity contribution in [3.05, 3.63) is 11.6 Å². The molecule has 0 unspecified atom stereocenters. The highest BCUT2D eigenvalue weighted by Crippen LogP contribution is 2.25. The van der Waals surface area contributed by atoms with Crippen molar-refractivity contribution in [2.75, 3.05) is 14.1 Å². The third kappa shape index (κ3) is 2.69. The predicted molar refractivity (Wildman–Crippen MR) is 38.8 cm³/mol. The minimum atomic E-state index is -4.47. The molecule has 0 saturated heterocycles. The maximum absolute atomic E-state index is 12.0. The van der Waals surface area contributed by atoms with Crippen LogP contribution >= 0.6 is 0 Å². The second-order valence-corrected chi connectivity index (χ2v) is 2.84. The number of aromatic nitrogens is 3. The largest absolute Gasteiger partial charge is 0.453 e. The lowest BCUT2D eigenvalue weighted by molar-refractivity contribution is -0.144. The van der Waals surface area contributed by atoms with Crippen LogP contribution in [0.5, 0.6) is 0 Å². The zero-order chi connectivity index (χ0) is 10.1. The topological polar surface area (TPSA) is 44.8 Å². The summed E-state index contributed by atoms with van der Waals surface area (Å²) in [7, 11) is 3.46. The van der Waals surface area contributed by atoms with Crippen LogP contribution in [0.2, 0.25) is 0 Å². The molecule has 1 rings (SSSR count). The monoisotopic (exact) mass is 194 g/mol. The lowest BCUT2D eigenvalue weighted by Gasteiger charge is -2.04. The maximum atomic E-state index is 12.0. The van der Waals surface area contributed by atoms with Crippen LogP contribution in [0.15, 0.2) is 0 Å². The second kappa shape index (κ2) is 3.33. The highest BCUT2D eigenvalue weighted by atomic mass is 19.4. The molecule has 1 heterocycles. The van der Waals surface area contributed by atoms with Crippen LogP contribution in [0.4, 0.5) is 13.2 Å². The molecule has 74 valence electrons. The number of H-pyrrole nitrogens is 1. The van der Waals surface area contributed by atoms with Crippen LogP contribution in [0.25, 0.3) is 0 Å². The average molecular weight is 194 g/mol. The lowest BCUT2D eigenvalue weighted by Crippen LogP contribution is -2.12. The summed E-state index contributed by atoms with van der Waals surface area (Å²) >= 11 is 0. The van der Waals surface area contributed by atoms with Crippen LogP contribution in [0, 0.1) is 0 Å². The van der Waals surface area contributed by atoms with Gasteiger partial charge in [-0.15, -0.1) is 5.10 Å². The molecule has 0 aliphatic carbocycles. The van der Waals surface area contributed by atoms with Crippen molar-refractivity contribution in [1.82, 2.24) is 20.1 Å². The van der Waals surface area contributed by atoms with E-state index in [4.69, 9.17) is 0 Å². The fourth-order valence-corrected chi connectivity index (χ4v) is 0.792. The van der Waals surface area contributed by atoms with Gasteiger partial charge >= 0.3 is 6.18 Å². The average Bonchev–Trinajstić information content (AvgIpc) is 2.32. The minimum absolute atomic E-state index is 0.206. The molecule has 0 bridgehead atoms. The molecule has 1 aromatic rings. The Balaban J connectivity index is 2.75. The van der Waals surface area contributed by atoms with E-state index in [0.29, 0.717) is 6.54 Å². The summed E-state index contributed by atoms with van der Waals surface area (Å²) in [5, 5.41) is 5.27. The third-order valence-electron chi connectivity index (χ3n) is 1.25. The Kier molecular flexibility index (Phi) is 2.55. The molecule has 13 heavy (non-hydrogen) atoms. The van der Waals surface area contributed by atoms with E-state index in [2.05, 4.69) is 15.2 Å². The normalized spacial score (nSPS) is 12.5. The molecular formula is C6H9F3N4. The van der Waals surface area contributed by atoms with E-state index in [0.717, 1.165) is 0 Å². The molecule has 1 aromatic heterocycles. The third-order valence-corrected chi connectivity index (χ3v) is 1.25. The summed E-state index contributed by atoms with van der Waals surface area (Å²) in [6.07, 6.45) is -4.47. The Hall–Kier alpha value is -1.11. The van der Waals surface area contributed by atoms with Gasteiger partial charge in [0.15, 0.2) is 0 Å². The molecule has 7 heteroatoms. The summed E-state index contributed by atoms with van der Waals surface area (Å²) < 4.78 is 35.9. The summed E-state index contributed by atoms with van der Waals surface area (Å²) in [5.74, 6) is -0.915. The molecule has 0 aliphatic heterocycles. The van der Waals surface area contributed by atoms with Gasteiger partial charge in [-0.25, -0.2) is 4.98 Å². The first kappa shape index (κ1) is 9.97. The molecule has 0 atom stereocenters. The Labute approximate surface area is 72.8 Å². The molecule has 0 fully saturated rings. The first-order valence-corrected chi connectivity index (χ1v) is 3.53. The number of hydrogen-bond donors (Lipinski definition) is 1. The number of aromatic amines is 1. The molecule has 1 N–H and O–H groups in total. The summed E-state index contributed by atoms with van der Waals surface area (Å²) in [6, 6.07) is 0. The van der Waals surface area contributed by atoms with E-state index in [1.54, 1.807) is 19.0 Å². The fourth-order valence-electron chi connectivity index (χ4n) is 0.792. The van der Waals surface area contributed by atoms with Gasteiger partial charge in [0, 0.05) is 0 Å². The molecule has 0 spiro atoms. The molecule has 0 saturated carbocycles. The Morgan fingerprint density at radius 1 is 1.38 bits per heavy atom. The lowest BCUT2D eigenvalue weighted by atomic mass is 10.5. The summed E-state index contributed by atoms with van der Waals surface area (Å²) in [5.41, 5.74) is 0. The minimum Gasteiger partial charge on any atom is -0.302 e. The first-order chi connectivity index (χ1) is 5.89. The zero-order valence-electron chi connectivity index (χ0n) is 7.18. The highest BCUT2D eigenvalue weighted by Gasteiger charge is 2.35. The van der Waals surface area contributed by atoms with E-state index in [1.165, 1.54) is 0 Å². The van der Waals surface area contributed by atoms with Crippen LogP contribution in [-0.4, -0.2) is 34.2 Å². The van der Waals surface area contributed by atoms with Crippen LogP contribution in [0.3, 0.4) is 0 Å². The number of rotatable bonds is 2. The van der Waals surface area contributed by atoms with E-state index in [9.17, 15) is 13.2 Å². The summed E-state index contributed by atoms with van der Waals surface area (Å²) in [6.45, 7) is 0.309. The van der Waals surface area contributed by atoms with Crippen LogP contribution in [-0.2, 0) is 12.7 Å². The quantitative estimate of drug-likeness (QED) is 0.760. The van der Waals surface area contributed by atoms with Crippen molar-refractivity contribution >= 4 is 0 Å². The Morgan fingerprint density at radius 2 is 2.00 bits per heavy atom. The van der Waals surface area contributed by atoms with Gasteiger partial charge < -0.3 is 4.90 Å². The van der Waals surface area contributed by atoms with Crippen LogP contribution < -0.4 is 0 Å². The van der Waals surface area contributed by atoms with Gasteiger partial charge in [0.1, 0.15) is 5.82 Å². The summed E-state index contributed by atoms with van der Waals surface area (Å²) in [4.78, 5) is 4.98. The fraction of sp³-hybridized carbons (Fsp3) is 0.667. The number of nitrogens with one attached hydrogen (secondary N) is 1. The Morgan fingerprint density at radius 3 is 2.38 bits per heavy atom. The zero-order valence-corrected chi connectivity index (χ0v) is 7.18. The molecule has 4 nitrogen and oxygen atoms in total. The first-order valence-electron chi connectivity index (χ1n) is 3.53. The molecular weight excluding hydrogens is 185 g/mol. The van der Waals surface area contributed by atoms with Gasteiger partial charge in [0.05, 0.1) is 6.54 Å². The smallest absolute Gasteiger partial charge is 0.302 e. The maximum Gasteiger partial charge on any atom is 0.453 e. The second-order valence-electron chi connectivity index (χ2n) is 2.84. The van der Waals surface area contributed by atoms with Gasteiger partial charge in [-0.3, -0.25) is 5.10 Å². The Bertz CT molecular complexity index is 278. The van der Waals surface area contributed by atoms with Gasteiger partial charge in [0.2, 0.25) is 0 Å². The van der Waals surface area contributed by atoms with Crippen LogP contribution in [0.1, 0.15) is 11.6 Å². The number of nitrogens with zero attached hydrogens (tertiary/aromatic N) is 3. The van der Waals surface area contributed by atoms with Crippen molar-refractivity contribution in [2.24, 2.45) is 0 Å². The molecule has 0 amide bonds. The van der Waals surface area contributed by atoms with Gasteiger partial charge in [0.25, 0.3) is 5.82 Å². The van der Waals surface area contributed by atoms with E-state index >= 15 is 0 Å². The van der Waals surface area contributed by atoms with Crippen molar-refractivity contribution < 1.29 is 13.2 Å². The SMILES string of the molecule is CN(C)Cc1nc(C(F)(F)F)n[nH]1. The number of halogens is 3. The van der Waals surface area contributed by atoms with Crippen molar-refractivity contribution in [1.29, 1.82) is 0 Å². The van der Waals surface area contributed by atoms with E-state index < -0.39 is 12.0 Å². The number of hydrogen-bond acceptors (Lipinski definition) is 3.